The molecular weight excluding hydrogens is 410 g/mol. The number of rotatable bonds is 6. The summed E-state index contributed by atoms with van der Waals surface area (Å²) in [6.45, 7) is 11.5. The smallest absolute Gasteiger partial charge is 0.251 e. The van der Waals surface area contributed by atoms with Crippen molar-refractivity contribution in [2.75, 3.05) is 57.4 Å². The van der Waals surface area contributed by atoms with Crippen LogP contribution >= 0.6 is 0 Å². The molecule has 2 saturated heterocycles. The van der Waals surface area contributed by atoms with Gasteiger partial charge in [0, 0.05) is 63.8 Å². The molecular formula is C22H29N7O3. The van der Waals surface area contributed by atoms with Gasteiger partial charge in [-0.15, -0.1) is 0 Å². The number of carbonyl (C=O) groups excluding carboxylic acids is 1. The summed E-state index contributed by atoms with van der Waals surface area (Å²) < 4.78 is 5.47. The number of fused-ring (bicyclic) bond motifs is 1. The summed E-state index contributed by atoms with van der Waals surface area (Å²) in [5, 5.41) is 17.1. The van der Waals surface area contributed by atoms with Crippen molar-refractivity contribution in [1.82, 2.24) is 24.8 Å². The molecule has 2 N–H and O–H groups in total. The van der Waals surface area contributed by atoms with E-state index >= 15 is 0 Å². The van der Waals surface area contributed by atoms with Crippen molar-refractivity contribution in [3.05, 3.63) is 30.2 Å². The number of hydrogen-bond acceptors (Lipinski definition) is 9. The molecule has 2 aliphatic heterocycles. The zero-order chi connectivity index (χ0) is 22.7. The standard InChI is InChI=1S/C22H29N7O3/c1-15(12-23)20-25-18-11-17(14-27-3-5-29(6-4-27)22(31)16(2)30)13-24-19(18)21(26-20)28-7-9-32-10-8-28/h11-13,16,23,30H,1,3-10,14H2,2H3. The fourth-order valence-electron chi connectivity index (χ4n) is 3.98. The number of pyridine rings is 1. The van der Waals surface area contributed by atoms with Crippen LogP contribution in [0.25, 0.3) is 16.6 Å². The molecule has 0 radical (unpaired) electrons. The molecule has 4 rings (SSSR count). The first-order valence-corrected chi connectivity index (χ1v) is 10.8. The molecule has 0 saturated carbocycles. The van der Waals surface area contributed by atoms with E-state index in [9.17, 15) is 9.90 Å². The number of aromatic nitrogens is 3. The zero-order valence-electron chi connectivity index (χ0n) is 18.3. The highest BCUT2D eigenvalue weighted by molar-refractivity contribution is 6.06. The fourth-order valence-corrected chi connectivity index (χ4v) is 3.98. The zero-order valence-corrected chi connectivity index (χ0v) is 18.3. The lowest BCUT2D eigenvalue weighted by atomic mass is 10.2. The Morgan fingerprint density at radius 2 is 1.97 bits per heavy atom. The number of ether oxygens (including phenoxy) is 1. The molecule has 4 heterocycles. The van der Waals surface area contributed by atoms with Crippen LogP contribution in [0.15, 0.2) is 18.8 Å². The number of allylic oxidation sites excluding steroid dienone is 1. The lowest BCUT2D eigenvalue weighted by Crippen LogP contribution is -2.50. The number of hydrogen-bond donors (Lipinski definition) is 2. The lowest BCUT2D eigenvalue weighted by Gasteiger charge is -2.35. The summed E-state index contributed by atoms with van der Waals surface area (Å²) in [4.78, 5) is 32.1. The lowest BCUT2D eigenvalue weighted by molar-refractivity contribution is -0.141. The van der Waals surface area contributed by atoms with Crippen LogP contribution in [0, 0.1) is 5.41 Å². The van der Waals surface area contributed by atoms with Gasteiger partial charge in [-0.05, 0) is 18.6 Å². The third-order valence-electron chi connectivity index (χ3n) is 5.79. The number of nitrogens with one attached hydrogen (secondary N) is 1. The van der Waals surface area contributed by atoms with E-state index in [2.05, 4.69) is 26.3 Å². The first kappa shape index (κ1) is 22.3. The Kier molecular flexibility index (Phi) is 6.73. The molecule has 170 valence electrons. The average molecular weight is 440 g/mol. The number of morpholine rings is 1. The highest BCUT2D eigenvalue weighted by Crippen LogP contribution is 2.25. The number of amides is 1. The van der Waals surface area contributed by atoms with Crippen molar-refractivity contribution in [2.45, 2.75) is 19.6 Å². The summed E-state index contributed by atoms with van der Waals surface area (Å²) in [5.74, 6) is 0.953. The number of aliphatic hydroxyl groups excluding tert-OH is 1. The Balaban J connectivity index is 1.56. The summed E-state index contributed by atoms with van der Waals surface area (Å²) in [7, 11) is 0. The van der Waals surface area contributed by atoms with Crippen molar-refractivity contribution < 1.29 is 14.6 Å². The maximum Gasteiger partial charge on any atom is 0.251 e. The van der Waals surface area contributed by atoms with Crippen LogP contribution in [0.2, 0.25) is 0 Å². The second-order valence-electron chi connectivity index (χ2n) is 8.13. The molecule has 0 aliphatic carbocycles. The minimum atomic E-state index is -0.962. The van der Waals surface area contributed by atoms with Crippen molar-refractivity contribution in [1.29, 1.82) is 5.41 Å². The van der Waals surface area contributed by atoms with Crippen LogP contribution in [-0.2, 0) is 16.1 Å². The maximum absolute atomic E-state index is 12.0. The number of carbonyl (C=O) groups is 1. The molecule has 32 heavy (non-hydrogen) atoms. The summed E-state index contributed by atoms with van der Waals surface area (Å²) >= 11 is 0. The van der Waals surface area contributed by atoms with Gasteiger partial charge in [0.1, 0.15) is 11.6 Å². The molecule has 1 amide bonds. The first-order chi connectivity index (χ1) is 15.5. The Hall–Kier alpha value is -2.95. The summed E-state index contributed by atoms with van der Waals surface area (Å²) in [6.07, 6.45) is 2.06. The van der Waals surface area contributed by atoms with Gasteiger partial charge >= 0.3 is 0 Å². The van der Waals surface area contributed by atoms with Crippen LogP contribution in [-0.4, -0.2) is 101 Å². The van der Waals surface area contributed by atoms with Gasteiger partial charge in [0.2, 0.25) is 0 Å². The van der Waals surface area contributed by atoms with Gasteiger partial charge in [-0.3, -0.25) is 14.7 Å². The molecule has 1 unspecified atom stereocenters. The number of nitrogens with zero attached hydrogens (tertiary/aromatic N) is 6. The monoisotopic (exact) mass is 439 g/mol. The maximum atomic E-state index is 12.0. The van der Waals surface area contributed by atoms with E-state index < -0.39 is 6.10 Å². The predicted molar refractivity (Wildman–Crippen MR) is 122 cm³/mol. The summed E-state index contributed by atoms with van der Waals surface area (Å²) in [6, 6.07) is 2.02. The number of aliphatic hydroxyl groups is 1. The molecule has 2 fully saturated rings. The fraction of sp³-hybridized carbons (Fsp3) is 0.500. The molecule has 2 aromatic rings. The summed E-state index contributed by atoms with van der Waals surface area (Å²) in [5.41, 5.74) is 2.92. The van der Waals surface area contributed by atoms with Crippen molar-refractivity contribution in [3.63, 3.8) is 0 Å². The molecule has 2 aromatic heterocycles. The second-order valence-corrected chi connectivity index (χ2v) is 8.13. The van der Waals surface area contributed by atoms with E-state index in [0.717, 1.165) is 54.8 Å². The SMILES string of the molecule is C=C(C=N)c1nc(N2CCOCC2)c2ncc(CN3CCN(C(=O)C(C)O)CC3)cc2n1. The third-order valence-corrected chi connectivity index (χ3v) is 5.79. The van der Waals surface area contributed by atoms with Crippen molar-refractivity contribution >= 4 is 34.5 Å². The number of anilines is 1. The molecule has 1 atom stereocenters. The highest BCUT2D eigenvalue weighted by atomic mass is 16.5. The highest BCUT2D eigenvalue weighted by Gasteiger charge is 2.24. The van der Waals surface area contributed by atoms with Crippen LogP contribution in [0.1, 0.15) is 18.3 Å². The van der Waals surface area contributed by atoms with Crippen LogP contribution in [0.3, 0.4) is 0 Å². The van der Waals surface area contributed by atoms with Crippen molar-refractivity contribution in [3.8, 4) is 0 Å². The molecule has 0 bridgehead atoms. The van der Waals surface area contributed by atoms with E-state index in [-0.39, 0.29) is 5.91 Å². The average Bonchev–Trinajstić information content (AvgIpc) is 2.83. The van der Waals surface area contributed by atoms with Gasteiger partial charge in [-0.25, -0.2) is 9.97 Å². The van der Waals surface area contributed by atoms with E-state index in [0.29, 0.717) is 44.2 Å². The Morgan fingerprint density at radius 3 is 2.62 bits per heavy atom. The molecule has 0 aromatic carbocycles. The molecule has 10 heteroatoms. The Morgan fingerprint density at radius 1 is 1.25 bits per heavy atom. The normalized spacial score (nSPS) is 18.6. The topological polar surface area (TPSA) is 119 Å². The van der Waals surface area contributed by atoms with Gasteiger partial charge in [0.15, 0.2) is 11.6 Å². The molecule has 10 nitrogen and oxygen atoms in total. The third kappa shape index (κ3) is 4.77. The molecule has 0 spiro atoms. The minimum absolute atomic E-state index is 0.219. The largest absolute Gasteiger partial charge is 0.384 e. The van der Waals surface area contributed by atoms with E-state index in [1.54, 1.807) is 4.90 Å². The van der Waals surface area contributed by atoms with Crippen LogP contribution in [0.5, 0.6) is 0 Å². The second kappa shape index (κ2) is 9.68. The van der Waals surface area contributed by atoms with E-state index in [1.165, 1.54) is 6.92 Å². The Labute approximate surface area is 187 Å². The van der Waals surface area contributed by atoms with E-state index in [4.69, 9.17) is 15.1 Å². The van der Waals surface area contributed by atoms with Crippen LogP contribution in [0.4, 0.5) is 5.82 Å². The van der Waals surface area contributed by atoms with Gasteiger partial charge in [0.25, 0.3) is 5.91 Å². The van der Waals surface area contributed by atoms with Gasteiger partial charge in [0.05, 0.1) is 18.7 Å². The minimum Gasteiger partial charge on any atom is -0.384 e. The van der Waals surface area contributed by atoms with Gasteiger partial charge in [-0.2, -0.15) is 0 Å². The Bertz CT molecular complexity index is 1010. The van der Waals surface area contributed by atoms with Crippen molar-refractivity contribution in [2.24, 2.45) is 0 Å². The predicted octanol–water partition coefficient (Wildman–Crippen LogP) is 0.549. The van der Waals surface area contributed by atoms with Gasteiger partial charge in [-0.1, -0.05) is 6.58 Å². The number of piperazine rings is 1. The van der Waals surface area contributed by atoms with Crippen LogP contribution < -0.4 is 4.90 Å². The molecule has 2 aliphatic rings. The van der Waals surface area contributed by atoms with Gasteiger partial charge < -0.3 is 25.1 Å². The first-order valence-electron chi connectivity index (χ1n) is 10.8. The quantitative estimate of drug-likeness (QED) is 0.627. The van der Waals surface area contributed by atoms with E-state index in [1.807, 2.05) is 12.3 Å².